The Kier molecular flexibility index (Phi) is 9.97. The zero-order valence-electron chi connectivity index (χ0n) is 26.0. The second kappa shape index (κ2) is 13.7. The van der Waals surface area contributed by atoms with Crippen molar-refractivity contribution in [2.24, 2.45) is 17.8 Å². The number of Topliss-reactive ketones (excluding diaryl/α,β-unsaturated/α-hetero) is 1. The van der Waals surface area contributed by atoms with E-state index in [9.17, 15) is 17.6 Å². The minimum absolute atomic E-state index is 0.0321. The molecule has 2 aromatic carbocycles. The van der Waals surface area contributed by atoms with Crippen LogP contribution in [0.3, 0.4) is 0 Å². The molecule has 3 heterocycles. The number of benzene rings is 2. The van der Waals surface area contributed by atoms with Crippen molar-refractivity contribution >= 4 is 26.7 Å². The number of aromatic nitrogens is 4. The first-order valence-corrected chi connectivity index (χ1v) is 17.0. The van der Waals surface area contributed by atoms with Crippen LogP contribution in [0, 0.1) is 23.6 Å². The van der Waals surface area contributed by atoms with Crippen molar-refractivity contribution in [3.05, 3.63) is 65.7 Å². The number of piperidine rings is 1. The van der Waals surface area contributed by atoms with Crippen LogP contribution in [0.5, 0.6) is 0 Å². The lowest BCUT2D eigenvalue weighted by atomic mass is 9.97. The first-order chi connectivity index (χ1) is 21.0. The summed E-state index contributed by atoms with van der Waals surface area (Å²) in [4.78, 5) is 18.9. The number of hydrogen-bond acceptors (Lipinski definition) is 6. The fourth-order valence-corrected chi connectivity index (χ4v) is 6.99. The van der Waals surface area contributed by atoms with E-state index in [1.165, 1.54) is 12.1 Å². The molecule has 0 saturated carbocycles. The molecule has 0 unspecified atom stereocenters. The van der Waals surface area contributed by atoms with Crippen LogP contribution in [-0.2, 0) is 23.0 Å². The van der Waals surface area contributed by atoms with Crippen LogP contribution in [0.25, 0.3) is 22.2 Å². The average Bonchev–Trinajstić information content (AvgIpc) is 3.57. The van der Waals surface area contributed by atoms with Crippen LogP contribution in [0.15, 0.2) is 53.6 Å². The molecule has 0 aliphatic carbocycles. The summed E-state index contributed by atoms with van der Waals surface area (Å²) < 4.78 is 44.3. The molecule has 1 fully saturated rings. The Morgan fingerprint density at radius 3 is 2.48 bits per heavy atom. The zero-order valence-corrected chi connectivity index (χ0v) is 26.8. The molecule has 0 bridgehead atoms. The van der Waals surface area contributed by atoms with Gasteiger partial charge in [-0.25, -0.2) is 17.5 Å². The van der Waals surface area contributed by atoms with Gasteiger partial charge in [-0.05, 0) is 86.0 Å². The molecule has 44 heavy (non-hydrogen) atoms. The van der Waals surface area contributed by atoms with Gasteiger partial charge >= 0.3 is 0 Å². The monoisotopic (exact) mass is 622 g/mol. The predicted molar refractivity (Wildman–Crippen MR) is 170 cm³/mol. The lowest BCUT2D eigenvalue weighted by molar-refractivity contribution is 0.0964. The molecule has 2 aromatic heterocycles. The third kappa shape index (κ3) is 7.80. The minimum Gasteiger partial charge on any atom is -0.352 e. The average molecular weight is 623 g/mol. The van der Waals surface area contributed by atoms with E-state index in [0.717, 1.165) is 37.9 Å². The number of carbonyl (C=O) groups excluding carboxylic acids is 1. The van der Waals surface area contributed by atoms with Crippen molar-refractivity contribution in [1.29, 1.82) is 0 Å². The van der Waals surface area contributed by atoms with Crippen molar-refractivity contribution in [1.82, 2.24) is 29.6 Å². The Balaban J connectivity index is 1.15. The minimum atomic E-state index is -3.54. The highest BCUT2D eigenvalue weighted by atomic mass is 32.2. The van der Waals surface area contributed by atoms with E-state index in [2.05, 4.69) is 38.8 Å². The van der Waals surface area contributed by atoms with Gasteiger partial charge in [0.05, 0.1) is 16.8 Å². The van der Waals surface area contributed by atoms with E-state index in [1.807, 2.05) is 36.9 Å². The molecule has 0 amide bonds. The third-order valence-electron chi connectivity index (χ3n) is 8.18. The standard InChI is InChI=1S/C33H43FN6O3S/c1-22(2)17-24-5-8-27(9-6-24)44(42,43)35-13-16-39-14-11-25(12-15-39)20-40-21-30(37-38-40)32-28-19-26(34)7-10-29(28)36-33(32)31(41)18-23(3)4/h5-10,19,21-23,25,35-36H,11-18,20H2,1-4H3. The smallest absolute Gasteiger partial charge is 0.240 e. The van der Waals surface area contributed by atoms with E-state index in [-0.39, 0.29) is 17.5 Å². The van der Waals surface area contributed by atoms with Crippen LogP contribution in [0.1, 0.15) is 63.0 Å². The van der Waals surface area contributed by atoms with Gasteiger partial charge in [-0.3, -0.25) is 9.48 Å². The van der Waals surface area contributed by atoms with Crippen molar-refractivity contribution in [2.75, 3.05) is 26.2 Å². The number of aromatic amines is 1. The number of likely N-dealkylation sites (tertiary alicyclic amines) is 1. The van der Waals surface area contributed by atoms with Crippen LogP contribution in [0.4, 0.5) is 4.39 Å². The molecule has 1 aliphatic rings. The first kappa shape index (κ1) is 32.0. The topological polar surface area (TPSA) is 113 Å². The highest BCUT2D eigenvalue weighted by Gasteiger charge is 2.24. The Labute approximate surface area is 259 Å². The van der Waals surface area contributed by atoms with Gasteiger partial charge in [0.25, 0.3) is 0 Å². The lowest BCUT2D eigenvalue weighted by Gasteiger charge is -2.31. The summed E-state index contributed by atoms with van der Waals surface area (Å²) in [5, 5.41) is 9.37. The third-order valence-corrected chi connectivity index (χ3v) is 9.65. The summed E-state index contributed by atoms with van der Waals surface area (Å²) in [5.41, 5.74) is 3.42. The maximum absolute atomic E-state index is 14.2. The summed E-state index contributed by atoms with van der Waals surface area (Å²) in [7, 11) is -3.54. The Hall–Kier alpha value is -3.41. The molecule has 11 heteroatoms. The highest BCUT2D eigenvalue weighted by Crippen LogP contribution is 2.33. The fourth-order valence-electron chi connectivity index (χ4n) is 5.97. The lowest BCUT2D eigenvalue weighted by Crippen LogP contribution is -2.40. The maximum Gasteiger partial charge on any atom is 0.240 e. The summed E-state index contributed by atoms with van der Waals surface area (Å²) in [5.74, 6) is 0.695. The van der Waals surface area contributed by atoms with Gasteiger partial charge < -0.3 is 9.88 Å². The number of fused-ring (bicyclic) bond motifs is 1. The van der Waals surface area contributed by atoms with Crippen molar-refractivity contribution < 1.29 is 17.6 Å². The van der Waals surface area contributed by atoms with Gasteiger partial charge in [0, 0.05) is 42.5 Å². The molecule has 1 aliphatic heterocycles. The number of H-pyrrole nitrogens is 1. The predicted octanol–water partition coefficient (Wildman–Crippen LogP) is 5.68. The largest absolute Gasteiger partial charge is 0.352 e. The van der Waals surface area contributed by atoms with Crippen LogP contribution >= 0.6 is 0 Å². The molecule has 236 valence electrons. The quantitative estimate of drug-likeness (QED) is 0.186. The van der Waals surface area contributed by atoms with Crippen molar-refractivity contribution in [2.45, 2.75) is 64.8 Å². The summed E-state index contributed by atoms with van der Waals surface area (Å²) in [6.45, 7) is 11.7. The normalized spacial score (nSPS) is 15.2. The molecule has 9 nitrogen and oxygen atoms in total. The van der Waals surface area contributed by atoms with Gasteiger partial charge in [0.1, 0.15) is 11.5 Å². The second-order valence-electron chi connectivity index (χ2n) is 12.8. The molecule has 4 aromatic rings. The second-order valence-corrected chi connectivity index (χ2v) is 14.6. The number of carbonyl (C=O) groups is 1. The number of sulfonamides is 1. The molecule has 0 radical (unpaired) electrons. The zero-order chi connectivity index (χ0) is 31.4. The molecule has 0 spiro atoms. The Morgan fingerprint density at radius 2 is 1.80 bits per heavy atom. The molecule has 1 saturated heterocycles. The number of ketones is 1. The van der Waals surface area contributed by atoms with Gasteiger partial charge in [-0.2, -0.15) is 0 Å². The molecular formula is C33H43FN6O3S. The number of hydrogen-bond donors (Lipinski definition) is 2. The van der Waals surface area contributed by atoms with Gasteiger partial charge in [-0.1, -0.05) is 45.0 Å². The molecule has 5 rings (SSSR count). The molecule has 0 atom stereocenters. The number of rotatable bonds is 13. The van der Waals surface area contributed by atoms with Crippen LogP contribution in [-0.4, -0.2) is 65.3 Å². The number of nitrogens with one attached hydrogen (secondary N) is 2. The van der Waals surface area contributed by atoms with E-state index in [4.69, 9.17) is 0 Å². The van der Waals surface area contributed by atoms with E-state index >= 15 is 0 Å². The molecule has 2 N–H and O–H groups in total. The van der Waals surface area contributed by atoms with Gasteiger partial charge in [0.2, 0.25) is 10.0 Å². The molecular weight excluding hydrogens is 579 g/mol. The summed E-state index contributed by atoms with van der Waals surface area (Å²) >= 11 is 0. The number of halogens is 1. The van der Waals surface area contributed by atoms with E-state index in [1.54, 1.807) is 18.2 Å². The Morgan fingerprint density at radius 1 is 1.07 bits per heavy atom. The van der Waals surface area contributed by atoms with Gasteiger partial charge in [0.15, 0.2) is 5.78 Å². The van der Waals surface area contributed by atoms with Crippen molar-refractivity contribution in [3.63, 3.8) is 0 Å². The Bertz CT molecular complexity index is 1690. The number of nitrogens with zero attached hydrogens (tertiary/aromatic N) is 4. The first-order valence-electron chi connectivity index (χ1n) is 15.5. The SMILES string of the molecule is CC(C)CC(=O)c1[nH]c2ccc(F)cc2c1-c1cn(CC2CCN(CCNS(=O)(=O)c3ccc(CC(C)C)cc3)CC2)nn1. The van der Waals surface area contributed by atoms with E-state index in [0.29, 0.717) is 70.6 Å². The summed E-state index contributed by atoms with van der Waals surface area (Å²) in [6, 6.07) is 11.6. The van der Waals surface area contributed by atoms with Crippen LogP contribution < -0.4 is 4.72 Å². The van der Waals surface area contributed by atoms with Crippen LogP contribution in [0.2, 0.25) is 0 Å². The maximum atomic E-state index is 14.2. The van der Waals surface area contributed by atoms with Crippen molar-refractivity contribution in [3.8, 4) is 11.3 Å². The summed E-state index contributed by atoms with van der Waals surface area (Å²) in [6.07, 6.45) is 5.05. The fraction of sp³-hybridized carbons (Fsp3) is 0.485. The van der Waals surface area contributed by atoms with E-state index < -0.39 is 10.0 Å². The highest BCUT2D eigenvalue weighted by molar-refractivity contribution is 7.89. The van der Waals surface area contributed by atoms with Gasteiger partial charge in [-0.15, -0.1) is 5.10 Å².